The van der Waals surface area contributed by atoms with Gasteiger partial charge in [0.1, 0.15) is 10.0 Å². The molecular formula is C26H22Cl4O3P+. The van der Waals surface area contributed by atoms with Crippen LogP contribution in [0.3, 0.4) is 0 Å². The average molecular weight is 555 g/mol. The van der Waals surface area contributed by atoms with Gasteiger partial charge in [0.2, 0.25) is 5.30 Å². The van der Waals surface area contributed by atoms with Crippen molar-refractivity contribution in [3.63, 3.8) is 0 Å². The highest BCUT2D eigenvalue weighted by Crippen LogP contribution is 2.44. The van der Waals surface area contributed by atoms with Crippen molar-refractivity contribution in [2.75, 3.05) is 0 Å². The summed E-state index contributed by atoms with van der Waals surface area (Å²) in [6, 6.07) is 12.2. The van der Waals surface area contributed by atoms with E-state index in [1.807, 2.05) is 12.1 Å². The van der Waals surface area contributed by atoms with Crippen LogP contribution in [0.25, 0.3) is 0 Å². The summed E-state index contributed by atoms with van der Waals surface area (Å²) in [7, 11) is -2.78. The second-order valence-corrected chi connectivity index (χ2v) is 12.0. The Morgan fingerprint density at radius 2 is 1.24 bits per heavy atom. The van der Waals surface area contributed by atoms with E-state index >= 15 is 0 Å². The number of benzene rings is 3. The molecule has 3 nitrogen and oxygen atoms in total. The Labute approximate surface area is 220 Å². The quantitative estimate of drug-likeness (QED) is 0.180. The van der Waals surface area contributed by atoms with Crippen molar-refractivity contribution in [2.45, 2.75) is 40.0 Å². The standard InChI is InChI=1S/C26H22Cl4O3P/c1-13-11-16(26(3,4)5)12-14(2)17(13)25(32)34(33)24-21(29)19(27)18(20(28)22(24)30)23(31)15-9-7-6-8-10-15/h6-12H,1-5H3/q+1. The third kappa shape index (κ3) is 4.96. The molecule has 176 valence electrons. The predicted octanol–water partition coefficient (Wildman–Crippen LogP) is 8.74. The molecule has 34 heavy (non-hydrogen) atoms. The first kappa shape index (κ1) is 26.9. The van der Waals surface area contributed by atoms with Crippen molar-refractivity contribution in [3.8, 4) is 0 Å². The van der Waals surface area contributed by atoms with E-state index in [2.05, 4.69) is 20.8 Å². The van der Waals surface area contributed by atoms with Crippen LogP contribution < -0.4 is 5.30 Å². The molecule has 3 rings (SSSR count). The molecule has 0 aliphatic rings. The van der Waals surface area contributed by atoms with Crippen molar-refractivity contribution in [1.82, 2.24) is 0 Å². The normalized spacial score (nSPS) is 12.0. The molecule has 1 unspecified atom stereocenters. The highest BCUT2D eigenvalue weighted by molar-refractivity contribution is 7.72. The van der Waals surface area contributed by atoms with Gasteiger partial charge in [-0.2, -0.15) is 0 Å². The number of halogens is 4. The lowest BCUT2D eigenvalue weighted by atomic mass is 9.84. The summed E-state index contributed by atoms with van der Waals surface area (Å²) >= 11 is 25.7. The summed E-state index contributed by atoms with van der Waals surface area (Å²) in [4.78, 5) is 26.4. The predicted molar refractivity (Wildman–Crippen MR) is 143 cm³/mol. The Morgan fingerprint density at radius 3 is 1.68 bits per heavy atom. The smallest absolute Gasteiger partial charge is 0.288 e. The Balaban J connectivity index is 2.12. The highest BCUT2D eigenvalue weighted by atomic mass is 35.5. The van der Waals surface area contributed by atoms with Gasteiger partial charge < -0.3 is 0 Å². The van der Waals surface area contributed by atoms with Crippen molar-refractivity contribution >= 4 is 70.8 Å². The Bertz CT molecular complexity index is 1290. The van der Waals surface area contributed by atoms with Crippen LogP contribution >= 0.6 is 54.2 Å². The van der Waals surface area contributed by atoms with Gasteiger partial charge in [-0.15, -0.1) is 0 Å². The Kier molecular flexibility index (Phi) is 7.97. The molecule has 0 aliphatic carbocycles. The monoisotopic (exact) mass is 553 g/mol. The molecule has 1 atom stereocenters. The van der Waals surface area contributed by atoms with Crippen LogP contribution in [0, 0.1) is 13.8 Å². The van der Waals surface area contributed by atoms with Crippen molar-refractivity contribution < 1.29 is 14.2 Å². The molecule has 0 amide bonds. The first-order valence-corrected chi connectivity index (χ1v) is 13.1. The molecule has 0 heterocycles. The van der Waals surface area contributed by atoms with Crippen LogP contribution in [-0.4, -0.2) is 11.3 Å². The molecule has 0 aromatic heterocycles. The highest BCUT2D eigenvalue weighted by Gasteiger charge is 2.42. The molecule has 0 radical (unpaired) electrons. The van der Waals surface area contributed by atoms with Gasteiger partial charge in [0.25, 0.3) is 0 Å². The summed E-state index contributed by atoms with van der Waals surface area (Å²) in [5.41, 5.74) is 2.25. The molecule has 0 spiro atoms. The Morgan fingerprint density at radius 1 is 0.765 bits per heavy atom. The van der Waals surface area contributed by atoms with Crippen molar-refractivity contribution in [2.24, 2.45) is 0 Å². The van der Waals surface area contributed by atoms with Crippen molar-refractivity contribution in [3.05, 3.63) is 95.9 Å². The fourth-order valence-corrected chi connectivity index (χ4v) is 6.62. The van der Waals surface area contributed by atoms with Gasteiger partial charge in [-0.1, -0.05) is 114 Å². The molecule has 0 fully saturated rings. The van der Waals surface area contributed by atoms with E-state index in [0.29, 0.717) is 22.3 Å². The number of hydrogen-bond donors (Lipinski definition) is 0. The zero-order valence-corrected chi connectivity index (χ0v) is 23.1. The third-order valence-electron chi connectivity index (χ3n) is 5.50. The molecular weight excluding hydrogens is 533 g/mol. The van der Waals surface area contributed by atoms with E-state index in [1.165, 1.54) is 0 Å². The minimum atomic E-state index is -2.78. The van der Waals surface area contributed by atoms with Crippen LogP contribution in [0.1, 0.15) is 63.7 Å². The zero-order chi connectivity index (χ0) is 25.5. The van der Waals surface area contributed by atoms with Crippen LogP contribution in [-0.2, 0) is 9.98 Å². The topological polar surface area (TPSA) is 51.2 Å². The van der Waals surface area contributed by atoms with E-state index < -0.39 is 19.1 Å². The van der Waals surface area contributed by atoms with E-state index in [9.17, 15) is 14.2 Å². The second kappa shape index (κ2) is 10.1. The number of carbonyl (C=O) groups excluding carboxylic acids is 2. The lowest BCUT2D eigenvalue weighted by molar-refractivity contribution is 0.103. The second-order valence-electron chi connectivity index (χ2n) is 9.01. The Hall–Kier alpha value is -1.74. The third-order valence-corrected chi connectivity index (χ3v) is 8.92. The van der Waals surface area contributed by atoms with Gasteiger partial charge >= 0.3 is 13.3 Å². The van der Waals surface area contributed by atoms with Gasteiger partial charge in [-0.05, 0) is 36.0 Å². The fourth-order valence-electron chi connectivity index (χ4n) is 3.67. The van der Waals surface area contributed by atoms with Crippen molar-refractivity contribution in [1.29, 1.82) is 0 Å². The van der Waals surface area contributed by atoms with E-state index in [1.54, 1.807) is 44.2 Å². The molecule has 0 saturated heterocycles. The van der Waals surface area contributed by atoms with E-state index in [-0.39, 0.29) is 36.4 Å². The number of aryl methyl sites for hydroxylation is 2. The minimum Gasteiger partial charge on any atom is -0.288 e. The first-order chi connectivity index (χ1) is 15.8. The molecule has 3 aromatic carbocycles. The van der Waals surface area contributed by atoms with Crippen LogP contribution in [0.15, 0.2) is 42.5 Å². The summed E-state index contributed by atoms with van der Waals surface area (Å²) in [5.74, 6) is -0.489. The largest absolute Gasteiger partial charge is 0.461 e. The maximum Gasteiger partial charge on any atom is 0.461 e. The maximum absolute atomic E-state index is 13.5. The fraction of sp³-hybridized carbons (Fsp3) is 0.231. The molecule has 0 saturated carbocycles. The maximum atomic E-state index is 13.5. The van der Waals surface area contributed by atoms with E-state index in [0.717, 1.165) is 5.56 Å². The number of hydrogen-bond acceptors (Lipinski definition) is 3. The summed E-state index contributed by atoms with van der Waals surface area (Å²) in [5, 5.41) is -1.04. The van der Waals surface area contributed by atoms with Crippen LogP contribution in [0.2, 0.25) is 20.1 Å². The van der Waals surface area contributed by atoms with Gasteiger partial charge in [0, 0.05) is 5.56 Å². The number of carbonyl (C=O) groups is 2. The summed E-state index contributed by atoms with van der Waals surface area (Å²) < 4.78 is 13.5. The van der Waals surface area contributed by atoms with Crippen LogP contribution in [0.5, 0.6) is 0 Å². The molecule has 8 heteroatoms. The lowest BCUT2D eigenvalue weighted by Gasteiger charge is -2.21. The van der Waals surface area contributed by atoms with Gasteiger partial charge in [-0.25, -0.2) is 4.79 Å². The molecule has 0 aliphatic heterocycles. The SMILES string of the molecule is Cc1cc(C(C)(C)C)cc(C)c1C(=O)[P+](=O)c1c(Cl)c(Cl)c(C(=O)c2ccccc2)c(Cl)c1Cl. The average Bonchev–Trinajstić information content (AvgIpc) is 2.77. The number of rotatable bonds is 5. The van der Waals surface area contributed by atoms with Gasteiger partial charge in [0.05, 0.1) is 21.2 Å². The number of ketones is 1. The van der Waals surface area contributed by atoms with Crippen LogP contribution in [0.4, 0.5) is 0 Å². The molecule has 0 bridgehead atoms. The summed E-state index contributed by atoms with van der Waals surface area (Å²) in [6.07, 6.45) is 0. The van der Waals surface area contributed by atoms with E-state index in [4.69, 9.17) is 46.4 Å². The van der Waals surface area contributed by atoms with Gasteiger partial charge in [-0.3, -0.25) is 4.79 Å². The lowest BCUT2D eigenvalue weighted by Crippen LogP contribution is -2.16. The van der Waals surface area contributed by atoms with Gasteiger partial charge in [0.15, 0.2) is 5.78 Å². The summed E-state index contributed by atoms with van der Waals surface area (Å²) in [6.45, 7) is 9.81. The zero-order valence-electron chi connectivity index (χ0n) is 19.2. The minimum absolute atomic E-state index is 0.106. The molecule has 3 aromatic rings. The first-order valence-electron chi connectivity index (χ1n) is 10.4. The molecule has 0 N–H and O–H groups in total.